The fourth-order valence-corrected chi connectivity index (χ4v) is 2.47. The number of hydrogen-bond acceptors (Lipinski definition) is 3. The normalized spacial score (nSPS) is 11.7. The summed E-state index contributed by atoms with van der Waals surface area (Å²) in [6, 6.07) is 4.23. The number of halogens is 1. The number of hydrogen-bond donors (Lipinski definition) is 2. The second-order valence-corrected chi connectivity index (χ2v) is 5.09. The molecule has 6 heteroatoms. The second-order valence-electron chi connectivity index (χ2n) is 2.91. The molecular formula is C9H12ClNO3S. The Bertz CT molecular complexity index is 445. The Morgan fingerprint density at radius 2 is 2.13 bits per heavy atom. The Hall–Kier alpha value is -0.620. The lowest BCUT2D eigenvalue weighted by Gasteiger charge is -2.06. The van der Waals surface area contributed by atoms with Crippen molar-refractivity contribution in [3.8, 4) is 0 Å². The van der Waals surface area contributed by atoms with Gasteiger partial charge in [-0.3, -0.25) is 0 Å². The molecule has 2 N–H and O–H groups in total. The lowest BCUT2D eigenvalue weighted by molar-refractivity contribution is 0.282. The maximum atomic E-state index is 11.6. The van der Waals surface area contributed by atoms with E-state index in [2.05, 4.69) is 4.72 Å². The van der Waals surface area contributed by atoms with Crippen LogP contribution in [-0.2, 0) is 16.6 Å². The van der Waals surface area contributed by atoms with Crippen molar-refractivity contribution in [1.82, 2.24) is 4.72 Å². The molecule has 0 heterocycles. The monoisotopic (exact) mass is 249 g/mol. The molecule has 0 amide bonds. The van der Waals surface area contributed by atoms with Crippen LogP contribution in [0.2, 0.25) is 5.02 Å². The van der Waals surface area contributed by atoms with Crippen LogP contribution in [0, 0.1) is 0 Å². The van der Waals surface area contributed by atoms with Gasteiger partial charge < -0.3 is 5.11 Å². The Balaban J connectivity index is 3.13. The van der Waals surface area contributed by atoms with Gasteiger partial charge in [0.15, 0.2) is 0 Å². The summed E-state index contributed by atoms with van der Waals surface area (Å²) in [6.45, 7) is 1.81. The Morgan fingerprint density at radius 1 is 1.47 bits per heavy atom. The molecule has 0 spiro atoms. The largest absolute Gasteiger partial charge is 0.392 e. The van der Waals surface area contributed by atoms with Crippen molar-refractivity contribution in [3.63, 3.8) is 0 Å². The SMILES string of the molecule is CCNS(=O)(=O)c1ccc(CO)c(Cl)c1. The second kappa shape index (κ2) is 4.94. The highest BCUT2D eigenvalue weighted by molar-refractivity contribution is 7.89. The van der Waals surface area contributed by atoms with E-state index in [1.165, 1.54) is 18.2 Å². The van der Waals surface area contributed by atoms with Gasteiger partial charge in [0.25, 0.3) is 0 Å². The molecule has 0 radical (unpaired) electrons. The minimum absolute atomic E-state index is 0.103. The first kappa shape index (κ1) is 12.4. The van der Waals surface area contributed by atoms with Crippen LogP contribution in [0.4, 0.5) is 0 Å². The third-order valence-corrected chi connectivity index (χ3v) is 3.73. The number of nitrogens with one attached hydrogen (secondary N) is 1. The first-order chi connectivity index (χ1) is 7.01. The third kappa shape index (κ3) is 2.92. The maximum Gasteiger partial charge on any atom is 0.240 e. The maximum absolute atomic E-state index is 11.6. The standard InChI is InChI=1S/C9H12ClNO3S/c1-2-11-15(13,14)8-4-3-7(6-12)9(10)5-8/h3-5,11-12H,2,6H2,1H3. The molecule has 84 valence electrons. The molecule has 15 heavy (non-hydrogen) atoms. The summed E-state index contributed by atoms with van der Waals surface area (Å²) in [4.78, 5) is 0.103. The molecule has 1 rings (SSSR count). The summed E-state index contributed by atoms with van der Waals surface area (Å²) in [6.07, 6.45) is 0. The van der Waals surface area contributed by atoms with Crippen LogP contribution in [-0.4, -0.2) is 20.1 Å². The summed E-state index contributed by atoms with van der Waals surface area (Å²) in [5, 5.41) is 9.11. The molecule has 0 aromatic heterocycles. The minimum atomic E-state index is -3.47. The van der Waals surface area contributed by atoms with Crippen molar-refractivity contribution >= 4 is 21.6 Å². The number of aliphatic hydroxyl groups excluding tert-OH is 1. The van der Waals surface area contributed by atoms with Crippen LogP contribution in [0.15, 0.2) is 23.1 Å². The minimum Gasteiger partial charge on any atom is -0.392 e. The lowest BCUT2D eigenvalue weighted by Crippen LogP contribution is -2.23. The molecule has 0 atom stereocenters. The molecule has 0 saturated carbocycles. The molecule has 0 aliphatic carbocycles. The Morgan fingerprint density at radius 3 is 2.60 bits per heavy atom. The predicted molar refractivity (Wildman–Crippen MR) is 58.2 cm³/mol. The molecule has 4 nitrogen and oxygen atoms in total. The van der Waals surface area contributed by atoms with Crippen molar-refractivity contribution in [2.75, 3.05) is 6.54 Å². The van der Waals surface area contributed by atoms with E-state index >= 15 is 0 Å². The van der Waals surface area contributed by atoms with E-state index in [0.29, 0.717) is 12.1 Å². The quantitative estimate of drug-likeness (QED) is 0.841. The highest BCUT2D eigenvalue weighted by Crippen LogP contribution is 2.20. The highest BCUT2D eigenvalue weighted by atomic mass is 35.5. The van der Waals surface area contributed by atoms with Gasteiger partial charge in [-0.15, -0.1) is 0 Å². The highest BCUT2D eigenvalue weighted by Gasteiger charge is 2.13. The fraction of sp³-hybridized carbons (Fsp3) is 0.333. The third-order valence-electron chi connectivity index (χ3n) is 1.84. The summed E-state index contributed by atoms with van der Waals surface area (Å²) < 4.78 is 25.5. The van der Waals surface area contributed by atoms with Crippen molar-refractivity contribution in [3.05, 3.63) is 28.8 Å². The van der Waals surface area contributed by atoms with Gasteiger partial charge in [-0.1, -0.05) is 24.6 Å². The molecule has 0 aliphatic heterocycles. The molecule has 0 aliphatic rings. The molecule has 0 saturated heterocycles. The fourth-order valence-electron chi connectivity index (χ4n) is 1.10. The van der Waals surface area contributed by atoms with Crippen LogP contribution in [0.5, 0.6) is 0 Å². The topological polar surface area (TPSA) is 66.4 Å². The van der Waals surface area contributed by atoms with E-state index in [4.69, 9.17) is 16.7 Å². The first-order valence-electron chi connectivity index (χ1n) is 4.40. The summed E-state index contributed by atoms with van der Waals surface area (Å²) in [5.41, 5.74) is 0.507. The molecule has 1 aromatic carbocycles. The molecule has 0 bridgehead atoms. The lowest BCUT2D eigenvalue weighted by atomic mass is 10.2. The van der Waals surface area contributed by atoms with Crippen LogP contribution in [0.3, 0.4) is 0 Å². The van der Waals surface area contributed by atoms with Crippen molar-refractivity contribution < 1.29 is 13.5 Å². The van der Waals surface area contributed by atoms with Crippen molar-refractivity contribution in [1.29, 1.82) is 0 Å². The van der Waals surface area contributed by atoms with Gasteiger partial charge in [0.05, 0.1) is 11.5 Å². The molecule has 0 fully saturated rings. The van der Waals surface area contributed by atoms with E-state index in [1.807, 2.05) is 0 Å². The van der Waals surface area contributed by atoms with E-state index in [1.54, 1.807) is 6.92 Å². The van der Waals surface area contributed by atoms with Crippen molar-refractivity contribution in [2.24, 2.45) is 0 Å². The van der Waals surface area contributed by atoms with E-state index in [-0.39, 0.29) is 16.5 Å². The zero-order valence-corrected chi connectivity index (χ0v) is 9.77. The van der Waals surface area contributed by atoms with Gasteiger partial charge in [0.1, 0.15) is 0 Å². The molecule has 0 unspecified atom stereocenters. The number of sulfonamides is 1. The van der Waals surface area contributed by atoms with Gasteiger partial charge in [0.2, 0.25) is 10.0 Å². The smallest absolute Gasteiger partial charge is 0.240 e. The number of benzene rings is 1. The van der Waals surface area contributed by atoms with Gasteiger partial charge >= 0.3 is 0 Å². The van der Waals surface area contributed by atoms with Crippen LogP contribution in [0.1, 0.15) is 12.5 Å². The van der Waals surface area contributed by atoms with Gasteiger partial charge in [-0.25, -0.2) is 13.1 Å². The van der Waals surface area contributed by atoms with Gasteiger partial charge in [-0.2, -0.15) is 0 Å². The predicted octanol–water partition coefficient (Wildman–Crippen LogP) is 1.13. The zero-order chi connectivity index (χ0) is 11.5. The van der Waals surface area contributed by atoms with E-state index in [9.17, 15) is 8.42 Å². The van der Waals surface area contributed by atoms with Crippen LogP contribution < -0.4 is 4.72 Å². The molecular weight excluding hydrogens is 238 g/mol. The zero-order valence-electron chi connectivity index (χ0n) is 8.20. The van der Waals surface area contributed by atoms with Crippen LogP contribution in [0.25, 0.3) is 0 Å². The average molecular weight is 250 g/mol. The van der Waals surface area contributed by atoms with E-state index in [0.717, 1.165) is 0 Å². The number of rotatable bonds is 4. The van der Waals surface area contributed by atoms with Crippen LogP contribution >= 0.6 is 11.6 Å². The van der Waals surface area contributed by atoms with Gasteiger partial charge in [-0.05, 0) is 17.7 Å². The summed E-state index contributed by atoms with van der Waals surface area (Å²) in [7, 11) is -3.47. The summed E-state index contributed by atoms with van der Waals surface area (Å²) in [5.74, 6) is 0. The van der Waals surface area contributed by atoms with Gasteiger partial charge in [0, 0.05) is 11.6 Å². The Kier molecular flexibility index (Phi) is 4.10. The average Bonchev–Trinajstić information content (AvgIpc) is 2.17. The number of aliphatic hydroxyl groups is 1. The molecule has 1 aromatic rings. The Labute approximate surface area is 93.9 Å². The first-order valence-corrected chi connectivity index (χ1v) is 6.26. The van der Waals surface area contributed by atoms with Crippen molar-refractivity contribution in [2.45, 2.75) is 18.4 Å². The summed E-state index contributed by atoms with van der Waals surface area (Å²) >= 11 is 5.78. The van der Waals surface area contributed by atoms with E-state index < -0.39 is 10.0 Å².